The number of allylic oxidation sites excluding steroid dienone is 3. The van der Waals surface area contributed by atoms with Crippen LogP contribution >= 0.6 is 0 Å². The van der Waals surface area contributed by atoms with Crippen molar-refractivity contribution in [3.05, 3.63) is 35.5 Å². The maximum Gasteiger partial charge on any atom is 0.0809 e. The molecule has 0 radical (unpaired) electrons. The van der Waals surface area contributed by atoms with Gasteiger partial charge < -0.3 is 10.2 Å². The molecule has 5 atom stereocenters. The van der Waals surface area contributed by atoms with Crippen molar-refractivity contribution >= 4 is 0 Å². The molecule has 1 unspecified atom stereocenters. The first-order chi connectivity index (χ1) is 11.7. The first-order valence-corrected chi connectivity index (χ1v) is 10.1. The monoisotopic (exact) mass is 344 g/mol. The zero-order valence-corrected chi connectivity index (χ0v) is 16.5. The van der Waals surface area contributed by atoms with Crippen LogP contribution in [0, 0.1) is 22.7 Å². The molecule has 0 heterocycles. The van der Waals surface area contributed by atoms with Gasteiger partial charge in [0.2, 0.25) is 0 Å². The van der Waals surface area contributed by atoms with E-state index in [0.29, 0.717) is 29.2 Å². The van der Waals surface area contributed by atoms with Crippen LogP contribution in [0.15, 0.2) is 35.5 Å². The van der Waals surface area contributed by atoms with E-state index in [-0.39, 0.29) is 0 Å². The molecule has 3 saturated carbocycles. The van der Waals surface area contributed by atoms with Crippen LogP contribution in [-0.2, 0) is 0 Å². The molecular weight excluding hydrogens is 308 g/mol. The molecule has 0 aromatic heterocycles. The summed E-state index contributed by atoms with van der Waals surface area (Å²) in [6, 6.07) is 0. The summed E-state index contributed by atoms with van der Waals surface area (Å²) in [6.45, 7) is 13.6. The fourth-order valence-electron chi connectivity index (χ4n) is 6.12. The Morgan fingerprint density at radius 3 is 2.32 bits per heavy atom. The Bertz CT molecular complexity index is 583. The minimum absolute atomic E-state index is 0.298. The second-order valence-electron chi connectivity index (χ2n) is 9.52. The van der Waals surface area contributed by atoms with Crippen molar-refractivity contribution in [2.75, 3.05) is 0 Å². The van der Waals surface area contributed by atoms with Crippen molar-refractivity contribution in [2.24, 2.45) is 22.7 Å². The van der Waals surface area contributed by atoms with Gasteiger partial charge in [0.25, 0.3) is 0 Å². The standard InChI is InChI=1S/C23H36O2/c1-15(2)19-10-12-22(4)18(7-6-11-23(19,22)5)9-8-17-13-20(24)16(3)21(25)14-17/h8-9,15,19-21,24-25H,3,6-7,10-14H2,1-2,4-5H3/t19?,20-,21-,22+,23-/m1/s1. The van der Waals surface area contributed by atoms with Gasteiger partial charge in [-0.15, -0.1) is 0 Å². The number of hydrogen-bond donors (Lipinski definition) is 2. The summed E-state index contributed by atoms with van der Waals surface area (Å²) in [4.78, 5) is 0. The van der Waals surface area contributed by atoms with Gasteiger partial charge in [0, 0.05) is 0 Å². The molecule has 3 fully saturated rings. The van der Waals surface area contributed by atoms with Gasteiger partial charge in [0.1, 0.15) is 0 Å². The fraction of sp³-hybridized carbons (Fsp3) is 0.739. The summed E-state index contributed by atoms with van der Waals surface area (Å²) in [7, 11) is 0. The van der Waals surface area contributed by atoms with E-state index in [4.69, 9.17) is 0 Å². The Kier molecular flexibility index (Phi) is 5.07. The second kappa shape index (κ2) is 6.70. The first kappa shape index (κ1) is 18.9. The van der Waals surface area contributed by atoms with Crippen LogP contribution in [0.25, 0.3) is 0 Å². The highest BCUT2D eigenvalue weighted by atomic mass is 16.3. The van der Waals surface area contributed by atoms with Crippen molar-refractivity contribution in [1.82, 2.24) is 0 Å². The van der Waals surface area contributed by atoms with Crippen LogP contribution < -0.4 is 0 Å². The lowest BCUT2D eigenvalue weighted by atomic mass is 9.53. The average molecular weight is 345 g/mol. The number of rotatable bonds is 2. The van der Waals surface area contributed by atoms with Crippen molar-refractivity contribution in [3.8, 4) is 0 Å². The summed E-state index contributed by atoms with van der Waals surface area (Å²) in [5, 5.41) is 20.1. The molecule has 25 heavy (non-hydrogen) atoms. The molecule has 0 aromatic carbocycles. The van der Waals surface area contributed by atoms with E-state index in [9.17, 15) is 10.2 Å². The van der Waals surface area contributed by atoms with Crippen molar-refractivity contribution < 1.29 is 10.2 Å². The van der Waals surface area contributed by atoms with E-state index in [1.807, 2.05) is 0 Å². The molecule has 0 aliphatic heterocycles. The summed E-state index contributed by atoms with van der Waals surface area (Å²) < 4.78 is 0. The maximum absolute atomic E-state index is 10.1. The largest absolute Gasteiger partial charge is 0.388 e. The van der Waals surface area contributed by atoms with Gasteiger partial charge in [0.15, 0.2) is 0 Å². The van der Waals surface area contributed by atoms with Crippen molar-refractivity contribution in [3.63, 3.8) is 0 Å². The molecule has 3 aliphatic carbocycles. The van der Waals surface area contributed by atoms with Gasteiger partial charge in [-0.25, -0.2) is 0 Å². The van der Waals surface area contributed by atoms with E-state index in [0.717, 1.165) is 17.4 Å². The second-order valence-corrected chi connectivity index (χ2v) is 9.52. The quantitative estimate of drug-likeness (QED) is 0.678. The third-order valence-corrected chi connectivity index (χ3v) is 7.98. The molecule has 3 rings (SSSR count). The van der Waals surface area contributed by atoms with Crippen LogP contribution in [0.4, 0.5) is 0 Å². The fourth-order valence-corrected chi connectivity index (χ4v) is 6.12. The number of fused-ring (bicyclic) bond motifs is 1. The molecule has 2 heteroatoms. The van der Waals surface area contributed by atoms with Crippen LogP contribution in [0.3, 0.4) is 0 Å². The average Bonchev–Trinajstić information content (AvgIpc) is 2.82. The lowest BCUT2D eigenvalue weighted by Crippen LogP contribution is -2.42. The van der Waals surface area contributed by atoms with E-state index >= 15 is 0 Å². The van der Waals surface area contributed by atoms with Crippen LogP contribution in [0.2, 0.25) is 0 Å². The van der Waals surface area contributed by atoms with E-state index in [1.54, 1.807) is 5.57 Å². The molecule has 0 bridgehead atoms. The molecule has 2 nitrogen and oxygen atoms in total. The molecule has 3 aliphatic rings. The maximum atomic E-state index is 10.1. The third-order valence-electron chi connectivity index (χ3n) is 7.98. The Labute approximate surface area is 153 Å². The molecule has 140 valence electrons. The zero-order valence-electron chi connectivity index (χ0n) is 16.5. The van der Waals surface area contributed by atoms with Gasteiger partial charge in [-0.3, -0.25) is 0 Å². The molecule has 0 saturated heterocycles. The predicted molar refractivity (Wildman–Crippen MR) is 104 cm³/mol. The molecular formula is C23H36O2. The topological polar surface area (TPSA) is 40.5 Å². The highest BCUT2D eigenvalue weighted by Crippen LogP contribution is 2.66. The minimum Gasteiger partial charge on any atom is -0.388 e. The van der Waals surface area contributed by atoms with Crippen LogP contribution in [-0.4, -0.2) is 22.4 Å². The number of hydrogen-bond acceptors (Lipinski definition) is 2. The Morgan fingerprint density at radius 2 is 1.72 bits per heavy atom. The van der Waals surface area contributed by atoms with E-state index < -0.39 is 12.2 Å². The molecule has 0 spiro atoms. The van der Waals surface area contributed by atoms with Gasteiger partial charge in [-0.1, -0.05) is 57.6 Å². The SMILES string of the molecule is C=C1[C@H](O)CC(=CC=C2CCC[C@]3(C)C(C(C)C)CC[C@@]23C)C[C@H]1O. The van der Waals surface area contributed by atoms with Crippen molar-refractivity contribution in [1.29, 1.82) is 0 Å². The molecule has 2 N–H and O–H groups in total. The van der Waals surface area contributed by atoms with Crippen molar-refractivity contribution in [2.45, 2.75) is 84.8 Å². The smallest absolute Gasteiger partial charge is 0.0809 e. The van der Waals surface area contributed by atoms with E-state index in [2.05, 4.69) is 46.4 Å². The van der Waals surface area contributed by atoms with Gasteiger partial charge in [-0.2, -0.15) is 0 Å². The lowest BCUT2D eigenvalue weighted by molar-refractivity contribution is 0.0405. The van der Waals surface area contributed by atoms with Gasteiger partial charge in [0.05, 0.1) is 12.2 Å². The first-order valence-electron chi connectivity index (χ1n) is 10.1. The zero-order chi connectivity index (χ0) is 18.4. The normalized spacial score (nSPS) is 43.6. The summed E-state index contributed by atoms with van der Waals surface area (Å²) in [5.41, 5.74) is 4.01. The van der Waals surface area contributed by atoms with Gasteiger partial charge >= 0.3 is 0 Å². The van der Waals surface area contributed by atoms with Gasteiger partial charge in [-0.05, 0) is 73.2 Å². The Morgan fingerprint density at radius 1 is 1.08 bits per heavy atom. The summed E-state index contributed by atoms with van der Waals surface area (Å²) in [5.74, 6) is 1.56. The number of aliphatic hydroxyl groups excluding tert-OH is 2. The van der Waals surface area contributed by atoms with Crippen LogP contribution in [0.1, 0.15) is 72.6 Å². The lowest BCUT2D eigenvalue weighted by Gasteiger charge is -2.51. The minimum atomic E-state index is -0.600. The molecule has 0 aromatic rings. The summed E-state index contributed by atoms with van der Waals surface area (Å²) >= 11 is 0. The third kappa shape index (κ3) is 3.06. The Balaban J connectivity index is 1.86. The van der Waals surface area contributed by atoms with E-state index in [1.165, 1.54) is 32.1 Å². The highest BCUT2D eigenvalue weighted by molar-refractivity contribution is 5.32. The highest BCUT2D eigenvalue weighted by Gasteiger charge is 2.57. The van der Waals surface area contributed by atoms with Crippen LogP contribution in [0.5, 0.6) is 0 Å². The Hall–Kier alpha value is -0.860. The predicted octanol–water partition coefficient (Wildman–Crippen LogP) is 5.17. The summed E-state index contributed by atoms with van der Waals surface area (Å²) in [6.07, 6.45) is 11.0. The number of aliphatic hydroxyl groups is 2. The molecule has 0 amide bonds.